The molecule has 0 aromatic heterocycles. The van der Waals surface area contributed by atoms with Crippen LogP contribution in [0.3, 0.4) is 0 Å². The van der Waals surface area contributed by atoms with Crippen molar-refractivity contribution in [2.45, 2.75) is 39.5 Å². The molecule has 0 rings (SSSR count). The predicted molar refractivity (Wildman–Crippen MR) is 63.8 cm³/mol. The molecular formula is C9H21NO2S2. The molecule has 0 amide bonds. The van der Waals surface area contributed by atoms with Crippen LogP contribution in [-0.2, 0) is 10.0 Å². The zero-order valence-electron chi connectivity index (χ0n) is 9.32. The largest absolute Gasteiger partial charge is 0.220 e. The van der Waals surface area contributed by atoms with Crippen molar-refractivity contribution in [1.82, 2.24) is 3.71 Å². The minimum absolute atomic E-state index is 0.643. The van der Waals surface area contributed by atoms with E-state index in [1.807, 2.05) is 0 Å². The Morgan fingerprint density at radius 2 is 1.71 bits per heavy atom. The third-order valence-corrected chi connectivity index (χ3v) is 4.79. The van der Waals surface area contributed by atoms with Crippen molar-refractivity contribution in [3.8, 4) is 0 Å². The zero-order chi connectivity index (χ0) is 11.0. The second-order valence-electron chi connectivity index (χ2n) is 3.33. The lowest BCUT2D eigenvalue weighted by Gasteiger charge is -2.17. The highest BCUT2D eigenvalue weighted by Gasteiger charge is 2.15. The molecule has 0 heterocycles. The fourth-order valence-electron chi connectivity index (χ4n) is 0.924. The maximum absolute atomic E-state index is 11.3. The SMILES string of the molecule is CCCCSN(CCCC)S(C)(=O)=O. The summed E-state index contributed by atoms with van der Waals surface area (Å²) in [7, 11) is -3.02. The van der Waals surface area contributed by atoms with Crippen LogP contribution in [0.4, 0.5) is 0 Å². The average Bonchev–Trinajstić information content (AvgIpc) is 2.09. The van der Waals surface area contributed by atoms with Crippen LogP contribution in [0, 0.1) is 0 Å². The van der Waals surface area contributed by atoms with Gasteiger partial charge in [-0.1, -0.05) is 38.6 Å². The number of rotatable bonds is 8. The van der Waals surface area contributed by atoms with Crippen LogP contribution >= 0.6 is 11.9 Å². The number of hydrogen-bond donors (Lipinski definition) is 0. The Kier molecular flexibility index (Phi) is 7.68. The summed E-state index contributed by atoms with van der Waals surface area (Å²) >= 11 is 1.44. The maximum Gasteiger partial charge on any atom is 0.220 e. The molecule has 0 aliphatic carbocycles. The van der Waals surface area contributed by atoms with E-state index in [0.717, 1.165) is 31.4 Å². The lowest BCUT2D eigenvalue weighted by molar-refractivity contribution is 0.538. The fraction of sp³-hybridized carbons (Fsp3) is 1.00. The van der Waals surface area contributed by atoms with Crippen LogP contribution < -0.4 is 0 Å². The molecule has 14 heavy (non-hydrogen) atoms. The van der Waals surface area contributed by atoms with E-state index in [1.54, 1.807) is 0 Å². The van der Waals surface area contributed by atoms with Crippen molar-refractivity contribution in [3.63, 3.8) is 0 Å². The Morgan fingerprint density at radius 3 is 2.14 bits per heavy atom. The molecule has 0 saturated carbocycles. The first kappa shape index (κ1) is 14.3. The van der Waals surface area contributed by atoms with Crippen LogP contribution in [0.15, 0.2) is 0 Å². The number of nitrogens with zero attached hydrogens (tertiary/aromatic N) is 1. The summed E-state index contributed by atoms with van der Waals surface area (Å²) in [6, 6.07) is 0. The molecule has 86 valence electrons. The fourth-order valence-corrected chi connectivity index (χ4v) is 3.25. The van der Waals surface area contributed by atoms with Gasteiger partial charge in [0.2, 0.25) is 10.0 Å². The average molecular weight is 239 g/mol. The van der Waals surface area contributed by atoms with Crippen molar-refractivity contribution in [2.75, 3.05) is 18.6 Å². The molecule has 3 nitrogen and oxygen atoms in total. The van der Waals surface area contributed by atoms with E-state index in [2.05, 4.69) is 13.8 Å². The molecule has 0 bridgehead atoms. The summed E-state index contributed by atoms with van der Waals surface area (Å²) in [6.07, 6.45) is 5.43. The monoisotopic (exact) mass is 239 g/mol. The van der Waals surface area contributed by atoms with Gasteiger partial charge in [0.1, 0.15) is 0 Å². The van der Waals surface area contributed by atoms with E-state index >= 15 is 0 Å². The van der Waals surface area contributed by atoms with Gasteiger partial charge in [-0.15, -0.1) is 3.71 Å². The highest BCUT2D eigenvalue weighted by molar-refractivity contribution is 8.08. The first-order chi connectivity index (χ1) is 6.52. The van der Waals surface area contributed by atoms with Gasteiger partial charge in [0.15, 0.2) is 0 Å². The molecule has 0 aromatic carbocycles. The Labute approximate surface area is 92.4 Å². The van der Waals surface area contributed by atoms with E-state index in [9.17, 15) is 8.42 Å². The van der Waals surface area contributed by atoms with E-state index < -0.39 is 10.0 Å². The molecule has 5 heteroatoms. The molecule has 0 N–H and O–H groups in total. The summed E-state index contributed by atoms with van der Waals surface area (Å²) in [6.45, 7) is 4.82. The van der Waals surface area contributed by atoms with Gasteiger partial charge in [-0.3, -0.25) is 0 Å². The highest BCUT2D eigenvalue weighted by atomic mass is 32.3. The van der Waals surface area contributed by atoms with Crippen molar-refractivity contribution >= 4 is 22.0 Å². The number of hydrogen-bond acceptors (Lipinski definition) is 3. The van der Waals surface area contributed by atoms with Gasteiger partial charge in [-0.05, 0) is 12.8 Å². The normalized spacial score (nSPS) is 12.3. The molecule has 0 spiro atoms. The summed E-state index contributed by atoms with van der Waals surface area (Å²) < 4.78 is 24.2. The Morgan fingerprint density at radius 1 is 1.14 bits per heavy atom. The quantitative estimate of drug-likeness (QED) is 0.482. The van der Waals surface area contributed by atoms with Gasteiger partial charge in [-0.25, -0.2) is 8.42 Å². The molecule has 0 aromatic rings. The van der Waals surface area contributed by atoms with Gasteiger partial charge in [0.05, 0.1) is 6.26 Å². The van der Waals surface area contributed by atoms with Gasteiger partial charge in [-0.2, -0.15) is 0 Å². The highest BCUT2D eigenvalue weighted by Crippen LogP contribution is 2.17. The number of sulfonamides is 1. The predicted octanol–water partition coefficient (Wildman–Crippen LogP) is 2.50. The first-order valence-corrected chi connectivity index (χ1v) is 7.92. The van der Waals surface area contributed by atoms with Gasteiger partial charge in [0, 0.05) is 12.3 Å². The van der Waals surface area contributed by atoms with E-state index in [4.69, 9.17) is 0 Å². The van der Waals surface area contributed by atoms with Gasteiger partial charge < -0.3 is 0 Å². The second-order valence-corrected chi connectivity index (χ2v) is 6.57. The molecule has 0 fully saturated rings. The Bertz CT molecular complexity index is 227. The maximum atomic E-state index is 11.3. The molecule has 0 aliphatic rings. The lowest BCUT2D eigenvalue weighted by atomic mass is 10.3. The Balaban J connectivity index is 3.99. The number of unbranched alkanes of at least 4 members (excludes halogenated alkanes) is 2. The van der Waals surface area contributed by atoms with E-state index in [1.165, 1.54) is 21.9 Å². The molecule has 0 atom stereocenters. The summed E-state index contributed by atoms with van der Waals surface area (Å²) in [5.74, 6) is 0.896. The third kappa shape index (κ3) is 6.68. The van der Waals surface area contributed by atoms with Gasteiger partial charge in [0.25, 0.3) is 0 Å². The molecule has 0 aliphatic heterocycles. The van der Waals surface area contributed by atoms with Crippen LogP contribution in [0.1, 0.15) is 39.5 Å². The topological polar surface area (TPSA) is 37.4 Å². The Hall–Kier alpha value is 0.260. The van der Waals surface area contributed by atoms with E-state index in [-0.39, 0.29) is 0 Å². The van der Waals surface area contributed by atoms with Crippen molar-refractivity contribution in [2.24, 2.45) is 0 Å². The third-order valence-electron chi connectivity index (χ3n) is 1.80. The van der Waals surface area contributed by atoms with Crippen molar-refractivity contribution in [3.05, 3.63) is 0 Å². The lowest BCUT2D eigenvalue weighted by Crippen LogP contribution is -2.24. The minimum atomic E-state index is -3.02. The molecule has 0 radical (unpaired) electrons. The minimum Gasteiger partial charge on any atom is -0.212 e. The van der Waals surface area contributed by atoms with Crippen LogP contribution in [-0.4, -0.2) is 30.7 Å². The standard InChI is InChI=1S/C9H21NO2S2/c1-4-6-8-10(14(3,11)12)13-9-7-5-2/h4-9H2,1-3H3. The summed E-state index contributed by atoms with van der Waals surface area (Å²) in [4.78, 5) is 0. The molecular weight excluding hydrogens is 218 g/mol. The zero-order valence-corrected chi connectivity index (χ0v) is 11.0. The second kappa shape index (κ2) is 7.54. The van der Waals surface area contributed by atoms with Crippen molar-refractivity contribution in [1.29, 1.82) is 0 Å². The van der Waals surface area contributed by atoms with Crippen LogP contribution in [0.25, 0.3) is 0 Å². The smallest absolute Gasteiger partial charge is 0.212 e. The van der Waals surface area contributed by atoms with Crippen molar-refractivity contribution < 1.29 is 8.42 Å². The van der Waals surface area contributed by atoms with Crippen LogP contribution in [0.5, 0.6) is 0 Å². The first-order valence-electron chi connectivity index (χ1n) is 5.13. The summed E-state index contributed by atoms with van der Waals surface area (Å²) in [5, 5.41) is 0. The van der Waals surface area contributed by atoms with Crippen LogP contribution in [0.2, 0.25) is 0 Å². The van der Waals surface area contributed by atoms with Gasteiger partial charge >= 0.3 is 0 Å². The molecule has 0 unspecified atom stereocenters. The van der Waals surface area contributed by atoms with E-state index in [0.29, 0.717) is 6.54 Å². The summed E-state index contributed by atoms with van der Waals surface area (Å²) in [5.41, 5.74) is 0. The molecule has 0 saturated heterocycles.